The minimum absolute atomic E-state index is 0.0466. The van der Waals surface area contributed by atoms with E-state index in [0.717, 1.165) is 25.7 Å². The summed E-state index contributed by atoms with van der Waals surface area (Å²) >= 11 is 0. The molecule has 108 valence electrons. The highest BCUT2D eigenvalue weighted by atomic mass is 32.2. The Labute approximate surface area is 116 Å². The van der Waals surface area contributed by atoms with Crippen molar-refractivity contribution in [3.8, 4) is 0 Å². The predicted molar refractivity (Wildman–Crippen MR) is 72.0 cm³/mol. The number of nitrogens with zero attached hydrogens (tertiary/aromatic N) is 1. The van der Waals surface area contributed by atoms with Crippen molar-refractivity contribution >= 4 is 22.7 Å². The molecule has 5 nitrogen and oxygen atoms in total. The largest absolute Gasteiger partial charge is 0.469 e. The lowest BCUT2D eigenvalue weighted by Gasteiger charge is -2.17. The summed E-state index contributed by atoms with van der Waals surface area (Å²) in [4.78, 5) is 24.8. The average molecular weight is 287 g/mol. The molecule has 0 aromatic carbocycles. The summed E-state index contributed by atoms with van der Waals surface area (Å²) in [5.41, 5.74) is -0.170. The van der Waals surface area contributed by atoms with Crippen LogP contribution in [-0.4, -0.2) is 52.7 Å². The Morgan fingerprint density at radius 2 is 2.00 bits per heavy atom. The van der Waals surface area contributed by atoms with E-state index in [4.69, 9.17) is 0 Å². The van der Waals surface area contributed by atoms with Crippen molar-refractivity contribution in [1.82, 2.24) is 4.90 Å². The second kappa shape index (κ2) is 5.61. The number of ether oxygens (including phenoxy) is 1. The van der Waals surface area contributed by atoms with Gasteiger partial charge < -0.3 is 9.64 Å². The van der Waals surface area contributed by atoms with E-state index in [2.05, 4.69) is 4.74 Å². The topological polar surface area (TPSA) is 63.7 Å². The molecule has 0 aliphatic heterocycles. The molecule has 2 rings (SSSR count). The van der Waals surface area contributed by atoms with Gasteiger partial charge in [-0.1, -0.05) is 0 Å². The molecule has 2 fully saturated rings. The number of carbonyl (C=O) groups excluding carboxylic acids is 2. The molecule has 6 heteroatoms. The fraction of sp³-hybridized carbons (Fsp3) is 0.846. The second-order valence-corrected chi connectivity index (χ2v) is 7.17. The van der Waals surface area contributed by atoms with Crippen LogP contribution in [-0.2, 0) is 25.1 Å². The fourth-order valence-electron chi connectivity index (χ4n) is 2.22. The molecule has 0 aromatic heterocycles. The monoisotopic (exact) mass is 287 g/mol. The van der Waals surface area contributed by atoms with Crippen LogP contribution < -0.4 is 0 Å². The van der Waals surface area contributed by atoms with Gasteiger partial charge in [0.15, 0.2) is 0 Å². The standard InChI is InChI=1S/C13H21NO4S/c1-14(10-3-4-10)11(15)8-19(17)9-13(5-6-13)7-12(16)18-2/h10H,3-9H2,1-2H3. The highest BCUT2D eigenvalue weighted by molar-refractivity contribution is 7.85. The number of methoxy groups -OCH3 is 1. The Bertz CT molecular complexity index is 401. The van der Waals surface area contributed by atoms with Gasteiger partial charge in [-0.05, 0) is 31.1 Å². The van der Waals surface area contributed by atoms with Gasteiger partial charge in [-0.15, -0.1) is 0 Å². The normalized spacial score (nSPS) is 21.6. The third-order valence-electron chi connectivity index (χ3n) is 3.94. The lowest BCUT2D eigenvalue weighted by Crippen LogP contribution is -2.34. The minimum Gasteiger partial charge on any atom is -0.469 e. The van der Waals surface area contributed by atoms with Gasteiger partial charge in [0, 0.05) is 29.6 Å². The Hall–Kier alpha value is -0.910. The van der Waals surface area contributed by atoms with E-state index in [-0.39, 0.29) is 23.0 Å². The summed E-state index contributed by atoms with van der Waals surface area (Å²) in [6, 6.07) is 0.356. The van der Waals surface area contributed by atoms with Crippen LogP contribution in [0.15, 0.2) is 0 Å². The minimum atomic E-state index is -1.18. The quantitative estimate of drug-likeness (QED) is 0.647. The van der Waals surface area contributed by atoms with Crippen LogP contribution in [0.1, 0.15) is 32.1 Å². The predicted octanol–water partition coefficient (Wildman–Crippen LogP) is 0.699. The molecule has 1 amide bonds. The van der Waals surface area contributed by atoms with Crippen molar-refractivity contribution in [1.29, 1.82) is 0 Å². The van der Waals surface area contributed by atoms with E-state index < -0.39 is 10.8 Å². The van der Waals surface area contributed by atoms with Crippen LogP contribution in [0.3, 0.4) is 0 Å². The zero-order valence-electron chi connectivity index (χ0n) is 11.5. The summed E-state index contributed by atoms with van der Waals surface area (Å²) in [5.74, 6) is 0.216. The maximum atomic E-state index is 12.0. The SMILES string of the molecule is COC(=O)CC1(CS(=O)CC(=O)N(C)C2CC2)CC1. The lowest BCUT2D eigenvalue weighted by atomic mass is 10.1. The fourth-order valence-corrected chi connectivity index (χ4v) is 3.88. The molecule has 0 N–H and O–H groups in total. The van der Waals surface area contributed by atoms with Gasteiger partial charge >= 0.3 is 5.97 Å². The van der Waals surface area contributed by atoms with Gasteiger partial charge in [0.05, 0.1) is 13.5 Å². The zero-order chi connectivity index (χ0) is 14.0. The van der Waals surface area contributed by atoms with Gasteiger partial charge in [-0.25, -0.2) is 0 Å². The van der Waals surface area contributed by atoms with E-state index >= 15 is 0 Å². The van der Waals surface area contributed by atoms with E-state index in [9.17, 15) is 13.8 Å². The first-order valence-electron chi connectivity index (χ1n) is 6.63. The molecule has 2 aliphatic rings. The highest BCUT2D eigenvalue weighted by Gasteiger charge is 2.46. The first-order chi connectivity index (χ1) is 8.96. The van der Waals surface area contributed by atoms with Crippen molar-refractivity contribution in [3.05, 3.63) is 0 Å². The summed E-state index contributed by atoms with van der Waals surface area (Å²) in [6.45, 7) is 0. The molecular formula is C13H21NO4S. The average Bonchev–Trinajstić information content (AvgIpc) is 3.22. The molecule has 19 heavy (non-hydrogen) atoms. The van der Waals surface area contributed by atoms with Gasteiger partial charge in [-0.3, -0.25) is 13.8 Å². The highest BCUT2D eigenvalue weighted by Crippen LogP contribution is 2.49. The van der Waals surface area contributed by atoms with Gasteiger partial charge in [0.25, 0.3) is 0 Å². The van der Waals surface area contributed by atoms with E-state index in [1.54, 1.807) is 11.9 Å². The smallest absolute Gasteiger partial charge is 0.306 e. The summed E-state index contributed by atoms with van der Waals surface area (Å²) < 4.78 is 16.7. The molecule has 0 bridgehead atoms. The van der Waals surface area contributed by atoms with E-state index in [1.807, 2.05) is 0 Å². The molecule has 0 saturated heterocycles. The maximum Gasteiger partial charge on any atom is 0.306 e. The van der Waals surface area contributed by atoms with E-state index in [0.29, 0.717) is 18.2 Å². The summed E-state index contributed by atoms with van der Waals surface area (Å²) in [5, 5.41) is 0. The van der Waals surface area contributed by atoms with Crippen molar-refractivity contribution < 1.29 is 18.5 Å². The molecule has 1 unspecified atom stereocenters. The molecule has 0 heterocycles. The lowest BCUT2D eigenvalue weighted by molar-refractivity contribution is -0.141. The van der Waals surface area contributed by atoms with Crippen LogP contribution in [0.4, 0.5) is 0 Å². The number of hydrogen-bond donors (Lipinski definition) is 0. The first kappa shape index (κ1) is 14.5. The van der Waals surface area contributed by atoms with Crippen molar-refractivity contribution in [2.24, 2.45) is 5.41 Å². The molecule has 0 radical (unpaired) electrons. The molecule has 2 aliphatic carbocycles. The molecular weight excluding hydrogens is 266 g/mol. The second-order valence-electron chi connectivity index (χ2n) is 5.72. The first-order valence-corrected chi connectivity index (χ1v) is 8.12. The zero-order valence-corrected chi connectivity index (χ0v) is 12.3. The summed E-state index contributed by atoms with van der Waals surface area (Å²) in [7, 11) is 1.96. The van der Waals surface area contributed by atoms with Crippen molar-refractivity contribution in [2.45, 2.75) is 38.1 Å². The third kappa shape index (κ3) is 4.03. The number of amides is 1. The maximum absolute atomic E-state index is 12.0. The molecule has 2 saturated carbocycles. The third-order valence-corrected chi connectivity index (χ3v) is 5.45. The van der Waals surface area contributed by atoms with Crippen LogP contribution >= 0.6 is 0 Å². The molecule has 0 spiro atoms. The number of hydrogen-bond acceptors (Lipinski definition) is 4. The Morgan fingerprint density at radius 1 is 1.37 bits per heavy atom. The molecule has 1 atom stereocenters. The molecule has 0 aromatic rings. The van der Waals surface area contributed by atoms with Crippen LogP contribution in [0.25, 0.3) is 0 Å². The van der Waals surface area contributed by atoms with Crippen molar-refractivity contribution in [3.63, 3.8) is 0 Å². The Kier molecular flexibility index (Phi) is 4.28. The van der Waals surface area contributed by atoms with Crippen LogP contribution in [0.2, 0.25) is 0 Å². The van der Waals surface area contributed by atoms with Gasteiger partial charge in [0.2, 0.25) is 5.91 Å². The van der Waals surface area contributed by atoms with Crippen molar-refractivity contribution in [2.75, 3.05) is 25.7 Å². The number of esters is 1. The number of rotatable bonds is 7. The van der Waals surface area contributed by atoms with Gasteiger partial charge in [-0.2, -0.15) is 0 Å². The summed E-state index contributed by atoms with van der Waals surface area (Å²) in [6.07, 6.45) is 4.24. The van der Waals surface area contributed by atoms with Crippen LogP contribution in [0.5, 0.6) is 0 Å². The Balaban J connectivity index is 1.77. The Morgan fingerprint density at radius 3 is 2.47 bits per heavy atom. The number of carbonyl (C=O) groups is 2. The van der Waals surface area contributed by atoms with Crippen LogP contribution in [0, 0.1) is 5.41 Å². The van der Waals surface area contributed by atoms with E-state index in [1.165, 1.54) is 7.11 Å². The van der Waals surface area contributed by atoms with Gasteiger partial charge in [0.1, 0.15) is 5.75 Å².